The van der Waals surface area contributed by atoms with E-state index in [-0.39, 0.29) is 5.78 Å². The average Bonchev–Trinajstić information content (AvgIpc) is 2.81. The number of ketones is 1. The molecule has 0 aliphatic carbocycles. The van der Waals surface area contributed by atoms with E-state index in [1.807, 2.05) is 41.8 Å². The summed E-state index contributed by atoms with van der Waals surface area (Å²) in [4.78, 5) is 12.4. The zero-order valence-electron chi connectivity index (χ0n) is 8.59. The molecule has 1 heterocycles. The third-order valence-corrected chi connectivity index (χ3v) is 3.06. The van der Waals surface area contributed by atoms with Gasteiger partial charge in [0, 0.05) is 5.69 Å². The lowest BCUT2D eigenvalue weighted by Gasteiger charge is -1.97. The van der Waals surface area contributed by atoms with Gasteiger partial charge in [-0.3, -0.25) is 4.79 Å². The largest absolute Gasteiger partial charge is 0.398 e. The number of carbonyl (C=O) groups is 1. The van der Waals surface area contributed by atoms with Crippen molar-refractivity contribution in [3.8, 4) is 0 Å². The van der Waals surface area contributed by atoms with Crippen molar-refractivity contribution in [2.75, 3.05) is 5.73 Å². The fraction of sp³-hybridized carbons (Fsp3) is 0. The highest BCUT2D eigenvalue weighted by molar-refractivity contribution is 7.12. The van der Waals surface area contributed by atoms with Gasteiger partial charge in [0.05, 0.1) is 4.88 Å². The van der Waals surface area contributed by atoms with E-state index in [1.165, 1.54) is 11.3 Å². The van der Waals surface area contributed by atoms with Crippen molar-refractivity contribution in [1.82, 2.24) is 0 Å². The van der Waals surface area contributed by atoms with E-state index in [4.69, 9.17) is 5.73 Å². The number of allylic oxidation sites excluding steroid dienone is 1. The molecule has 0 spiro atoms. The number of carbonyl (C=O) groups excluding carboxylic acids is 1. The molecular formula is C13H11NOS. The Kier molecular flexibility index (Phi) is 3.17. The zero-order chi connectivity index (χ0) is 11.4. The van der Waals surface area contributed by atoms with Crippen LogP contribution in [0.15, 0.2) is 47.9 Å². The summed E-state index contributed by atoms with van der Waals surface area (Å²) in [6, 6.07) is 11.1. The molecule has 2 nitrogen and oxygen atoms in total. The normalized spacial score (nSPS) is 10.8. The predicted molar refractivity (Wildman–Crippen MR) is 68.5 cm³/mol. The van der Waals surface area contributed by atoms with Gasteiger partial charge < -0.3 is 5.73 Å². The summed E-state index contributed by atoms with van der Waals surface area (Å²) in [7, 11) is 0. The molecule has 0 aliphatic heterocycles. The number of hydrogen-bond donors (Lipinski definition) is 1. The van der Waals surface area contributed by atoms with Gasteiger partial charge in [-0.05, 0) is 35.2 Å². The lowest BCUT2D eigenvalue weighted by Crippen LogP contribution is -1.91. The molecule has 0 saturated heterocycles. The van der Waals surface area contributed by atoms with Crippen LogP contribution in [0.5, 0.6) is 0 Å². The maximum absolute atomic E-state index is 11.7. The van der Waals surface area contributed by atoms with Crippen LogP contribution in [-0.4, -0.2) is 5.78 Å². The van der Waals surface area contributed by atoms with E-state index < -0.39 is 0 Å². The fourth-order valence-corrected chi connectivity index (χ4v) is 1.97. The number of rotatable bonds is 3. The summed E-state index contributed by atoms with van der Waals surface area (Å²) in [5, 5.41) is 1.89. The molecular weight excluding hydrogens is 218 g/mol. The molecule has 0 atom stereocenters. The fourth-order valence-electron chi connectivity index (χ4n) is 1.33. The lowest BCUT2D eigenvalue weighted by molar-refractivity contribution is 0.105. The molecule has 3 heteroatoms. The van der Waals surface area contributed by atoms with E-state index in [2.05, 4.69) is 0 Å². The number of thiophene rings is 1. The summed E-state index contributed by atoms with van der Waals surface area (Å²) < 4.78 is 0. The first kappa shape index (κ1) is 10.6. The number of para-hydroxylation sites is 1. The summed E-state index contributed by atoms with van der Waals surface area (Å²) in [6.45, 7) is 0. The number of hydrogen-bond acceptors (Lipinski definition) is 3. The van der Waals surface area contributed by atoms with Crippen LogP contribution in [0.4, 0.5) is 5.69 Å². The summed E-state index contributed by atoms with van der Waals surface area (Å²) in [5.41, 5.74) is 7.31. The van der Waals surface area contributed by atoms with Gasteiger partial charge in [-0.15, -0.1) is 11.3 Å². The quantitative estimate of drug-likeness (QED) is 0.499. The molecule has 1 aromatic carbocycles. The van der Waals surface area contributed by atoms with Gasteiger partial charge in [-0.2, -0.15) is 0 Å². The molecule has 0 fully saturated rings. The maximum Gasteiger partial charge on any atom is 0.195 e. The van der Waals surface area contributed by atoms with Crippen molar-refractivity contribution in [3.63, 3.8) is 0 Å². The van der Waals surface area contributed by atoms with E-state index in [1.54, 1.807) is 12.2 Å². The second-order valence-electron chi connectivity index (χ2n) is 3.30. The minimum atomic E-state index is 0.0123. The molecule has 0 amide bonds. The van der Waals surface area contributed by atoms with Crippen LogP contribution in [0.2, 0.25) is 0 Å². The Hall–Kier alpha value is -1.87. The molecule has 0 aliphatic rings. The van der Waals surface area contributed by atoms with Crippen LogP contribution >= 0.6 is 11.3 Å². The highest BCUT2D eigenvalue weighted by Gasteiger charge is 2.01. The zero-order valence-corrected chi connectivity index (χ0v) is 9.41. The molecule has 2 rings (SSSR count). The molecule has 2 aromatic rings. The van der Waals surface area contributed by atoms with Gasteiger partial charge in [-0.1, -0.05) is 24.3 Å². The molecule has 2 N–H and O–H groups in total. The molecule has 1 aromatic heterocycles. The van der Waals surface area contributed by atoms with Crippen molar-refractivity contribution in [1.29, 1.82) is 0 Å². The van der Waals surface area contributed by atoms with Crippen LogP contribution in [0, 0.1) is 0 Å². The lowest BCUT2D eigenvalue weighted by atomic mass is 10.1. The first-order valence-electron chi connectivity index (χ1n) is 4.88. The predicted octanol–water partition coefficient (Wildman–Crippen LogP) is 3.23. The number of nitrogens with two attached hydrogens (primary N) is 1. The van der Waals surface area contributed by atoms with Crippen LogP contribution in [0.1, 0.15) is 15.2 Å². The molecule has 0 bridgehead atoms. The van der Waals surface area contributed by atoms with E-state index >= 15 is 0 Å². The van der Waals surface area contributed by atoms with Gasteiger partial charge in [0.2, 0.25) is 0 Å². The molecule has 16 heavy (non-hydrogen) atoms. The Morgan fingerprint density at radius 2 is 2.00 bits per heavy atom. The van der Waals surface area contributed by atoms with Crippen molar-refractivity contribution >= 4 is 28.9 Å². The van der Waals surface area contributed by atoms with Gasteiger partial charge in [0.1, 0.15) is 0 Å². The van der Waals surface area contributed by atoms with Crippen molar-refractivity contribution in [2.45, 2.75) is 0 Å². The standard InChI is InChI=1S/C13H11NOS/c14-11-5-2-1-4-10(11)7-8-12(15)13-6-3-9-16-13/h1-9H,14H2. The number of benzene rings is 1. The summed E-state index contributed by atoms with van der Waals surface area (Å²) in [5.74, 6) is 0.0123. The van der Waals surface area contributed by atoms with Gasteiger partial charge in [0.15, 0.2) is 5.78 Å². The Labute approximate surface area is 98.0 Å². The summed E-state index contributed by atoms with van der Waals surface area (Å²) >= 11 is 1.44. The minimum Gasteiger partial charge on any atom is -0.398 e. The number of anilines is 1. The second kappa shape index (κ2) is 4.77. The van der Waals surface area contributed by atoms with Crippen molar-refractivity contribution < 1.29 is 4.79 Å². The van der Waals surface area contributed by atoms with Crippen LogP contribution in [-0.2, 0) is 0 Å². The third kappa shape index (κ3) is 2.38. The van der Waals surface area contributed by atoms with E-state index in [0.29, 0.717) is 5.69 Å². The van der Waals surface area contributed by atoms with Crippen LogP contribution in [0.3, 0.4) is 0 Å². The van der Waals surface area contributed by atoms with Crippen molar-refractivity contribution in [2.24, 2.45) is 0 Å². The highest BCUT2D eigenvalue weighted by atomic mass is 32.1. The molecule has 80 valence electrons. The van der Waals surface area contributed by atoms with Gasteiger partial charge in [-0.25, -0.2) is 0 Å². The van der Waals surface area contributed by atoms with E-state index in [9.17, 15) is 4.79 Å². The third-order valence-electron chi connectivity index (χ3n) is 2.17. The Morgan fingerprint density at radius 1 is 1.19 bits per heavy atom. The SMILES string of the molecule is Nc1ccccc1C=CC(=O)c1cccs1. The first-order chi connectivity index (χ1) is 7.77. The maximum atomic E-state index is 11.7. The van der Waals surface area contributed by atoms with Crippen LogP contribution in [0.25, 0.3) is 6.08 Å². The summed E-state index contributed by atoms with van der Waals surface area (Å²) in [6.07, 6.45) is 3.30. The molecule has 0 radical (unpaired) electrons. The Morgan fingerprint density at radius 3 is 2.69 bits per heavy atom. The minimum absolute atomic E-state index is 0.0123. The smallest absolute Gasteiger partial charge is 0.195 e. The topological polar surface area (TPSA) is 43.1 Å². The highest BCUT2D eigenvalue weighted by Crippen LogP contribution is 2.14. The average molecular weight is 229 g/mol. The Bertz CT molecular complexity index is 514. The monoisotopic (exact) mass is 229 g/mol. The van der Waals surface area contributed by atoms with E-state index in [0.717, 1.165) is 10.4 Å². The molecule has 0 unspecified atom stereocenters. The van der Waals surface area contributed by atoms with Gasteiger partial charge in [0.25, 0.3) is 0 Å². The Balaban J connectivity index is 2.16. The second-order valence-corrected chi connectivity index (χ2v) is 4.25. The first-order valence-corrected chi connectivity index (χ1v) is 5.76. The van der Waals surface area contributed by atoms with Gasteiger partial charge >= 0.3 is 0 Å². The van der Waals surface area contributed by atoms with Crippen molar-refractivity contribution in [3.05, 3.63) is 58.3 Å². The van der Waals surface area contributed by atoms with Crippen LogP contribution < -0.4 is 5.73 Å². The molecule has 0 saturated carbocycles. The number of nitrogen functional groups attached to an aromatic ring is 1.